The fourth-order valence-corrected chi connectivity index (χ4v) is 2.90. The van der Waals surface area contributed by atoms with Crippen molar-refractivity contribution in [3.63, 3.8) is 0 Å². The van der Waals surface area contributed by atoms with Gasteiger partial charge in [0.05, 0.1) is 29.2 Å². The molecule has 1 amide bonds. The van der Waals surface area contributed by atoms with Crippen LogP contribution in [0.3, 0.4) is 0 Å². The van der Waals surface area contributed by atoms with E-state index in [2.05, 4.69) is 15.4 Å². The zero-order chi connectivity index (χ0) is 18.5. The average Bonchev–Trinajstić information content (AvgIpc) is 3.24. The molecule has 132 valence electrons. The SMILES string of the molecule is O=C(NC(c1ccccc1)c1ccccn1)c1cnn(-c2ccccc2)c1. The Morgan fingerprint density at radius 2 is 1.59 bits per heavy atom. The van der Waals surface area contributed by atoms with Crippen LogP contribution in [0.1, 0.15) is 27.7 Å². The van der Waals surface area contributed by atoms with Gasteiger partial charge in [0.2, 0.25) is 0 Å². The number of hydrogen-bond acceptors (Lipinski definition) is 3. The van der Waals surface area contributed by atoms with E-state index in [1.165, 1.54) is 0 Å². The third-order valence-corrected chi connectivity index (χ3v) is 4.26. The smallest absolute Gasteiger partial charge is 0.255 e. The minimum Gasteiger partial charge on any atom is -0.339 e. The number of aromatic nitrogens is 3. The maximum atomic E-state index is 12.9. The monoisotopic (exact) mass is 354 g/mol. The molecule has 0 aliphatic heterocycles. The van der Waals surface area contributed by atoms with Gasteiger partial charge in [-0.15, -0.1) is 0 Å². The van der Waals surface area contributed by atoms with Gasteiger partial charge in [-0.25, -0.2) is 4.68 Å². The standard InChI is InChI=1S/C22H18N4O/c27-22(18-15-24-26(16-18)19-11-5-2-6-12-19)25-21(17-9-3-1-4-10-17)20-13-7-8-14-23-20/h1-16,21H,(H,25,27). The molecule has 0 aliphatic carbocycles. The molecule has 0 bridgehead atoms. The summed E-state index contributed by atoms with van der Waals surface area (Å²) < 4.78 is 1.69. The van der Waals surface area contributed by atoms with Gasteiger partial charge < -0.3 is 5.32 Å². The molecular weight excluding hydrogens is 336 g/mol. The Balaban J connectivity index is 1.60. The van der Waals surface area contributed by atoms with Crippen molar-refractivity contribution in [2.75, 3.05) is 0 Å². The van der Waals surface area contributed by atoms with E-state index in [0.717, 1.165) is 16.9 Å². The highest BCUT2D eigenvalue weighted by Gasteiger charge is 2.19. The predicted octanol–water partition coefficient (Wildman–Crippen LogP) is 3.79. The van der Waals surface area contributed by atoms with Crippen LogP contribution in [0.5, 0.6) is 0 Å². The largest absolute Gasteiger partial charge is 0.339 e. The number of para-hydroxylation sites is 1. The van der Waals surface area contributed by atoms with Crippen LogP contribution in [0.15, 0.2) is 97.5 Å². The molecule has 0 radical (unpaired) electrons. The van der Waals surface area contributed by atoms with Crippen molar-refractivity contribution in [1.82, 2.24) is 20.1 Å². The van der Waals surface area contributed by atoms with E-state index in [1.54, 1.807) is 23.3 Å². The Bertz CT molecular complexity index is 974. The molecule has 4 aromatic rings. The lowest BCUT2D eigenvalue weighted by atomic mass is 10.0. The molecule has 0 aliphatic rings. The summed E-state index contributed by atoms with van der Waals surface area (Å²) in [6.45, 7) is 0. The minimum absolute atomic E-state index is 0.198. The Labute approximate surface area is 157 Å². The van der Waals surface area contributed by atoms with Crippen molar-refractivity contribution in [2.45, 2.75) is 6.04 Å². The zero-order valence-electron chi connectivity index (χ0n) is 14.6. The summed E-state index contributed by atoms with van der Waals surface area (Å²) in [6, 6.07) is 24.8. The van der Waals surface area contributed by atoms with Crippen molar-refractivity contribution in [1.29, 1.82) is 0 Å². The van der Waals surface area contributed by atoms with Crippen LogP contribution in [0.25, 0.3) is 5.69 Å². The molecule has 1 N–H and O–H groups in total. The fourth-order valence-electron chi connectivity index (χ4n) is 2.90. The third kappa shape index (κ3) is 3.77. The summed E-state index contributed by atoms with van der Waals surface area (Å²) in [5, 5.41) is 7.38. The second kappa shape index (κ2) is 7.66. The molecule has 2 heterocycles. The third-order valence-electron chi connectivity index (χ3n) is 4.26. The number of carbonyl (C=O) groups excluding carboxylic acids is 1. The summed E-state index contributed by atoms with van der Waals surface area (Å²) in [5.41, 5.74) is 3.16. The normalized spacial score (nSPS) is 11.7. The first-order valence-corrected chi connectivity index (χ1v) is 8.68. The molecule has 2 aromatic heterocycles. The van der Waals surface area contributed by atoms with E-state index in [4.69, 9.17) is 0 Å². The van der Waals surface area contributed by atoms with Crippen molar-refractivity contribution in [3.8, 4) is 5.69 Å². The van der Waals surface area contributed by atoms with E-state index in [9.17, 15) is 4.79 Å². The Morgan fingerprint density at radius 3 is 2.30 bits per heavy atom. The molecule has 0 saturated carbocycles. The number of rotatable bonds is 5. The first-order chi connectivity index (χ1) is 13.3. The van der Waals surface area contributed by atoms with Crippen molar-refractivity contribution >= 4 is 5.91 Å². The van der Waals surface area contributed by atoms with Gasteiger partial charge >= 0.3 is 0 Å². The van der Waals surface area contributed by atoms with Crippen LogP contribution in [0.2, 0.25) is 0 Å². The van der Waals surface area contributed by atoms with Gasteiger partial charge in [0.15, 0.2) is 0 Å². The Morgan fingerprint density at radius 1 is 0.889 bits per heavy atom. The average molecular weight is 354 g/mol. The highest BCUT2D eigenvalue weighted by Crippen LogP contribution is 2.20. The topological polar surface area (TPSA) is 59.8 Å². The number of benzene rings is 2. The summed E-state index contributed by atoms with van der Waals surface area (Å²) in [5.74, 6) is -0.198. The van der Waals surface area contributed by atoms with Crippen LogP contribution >= 0.6 is 0 Å². The number of carbonyl (C=O) groups is 1. The summed E-state index contributed by atoms with van der Waals surface area (Å²) in [7, 11) is 0. The molecule has 1 atom stereocenters. The van der Waals surface area contributed by atoms with Gasteiger partial charge in [0.1, 0.15) is 0 Å². The first kappa shape index (κ1) is 16.7. The van der Waals surface area contributed by atoms with Crippen LogP contribution in [0.4, 0.5) is 0 Å². The van der Waals surface area contributed by atoms with Crippen LogP contribution in [0, 0.1) is 0 Å². The number of nitrogens with one attached hydrogen (secondary N) is 1. The number of amides is 1. The van der Waals surface area contributed by atoms with Crippen LogP contribution < -0.4 is 5.32 Å². The lowest BCUT2D eigenvalue weighted by Crippen LogP contribution is -2.29. The molecule has 4 rings (SSSR count). The molecule has 0 spiro atoms. The zero-order valence-corrected chi connectivity index (χ0v) is 14.6. The van der Waals surface area contributed by atoms with Crippen LogP contribution in [-0.2, 0) is 0 Å². The molecule has 0 fully saturated rings. The molecule has 5 nitrogen and oxygen atoms in total. The van der Waals surface area contributed by atoms with E-state index in [1.807, 2.05) is 78.9 Å². The molecule has 0 saturated heterocycles. The Kier molecular flexibility index (Phi) is 4.74. The van der Waals surface area contributed by atoms with E-state index < -0.39 is 0 Å². The van der Waals surface area contributed by atoms with E-state index in [-0.39, 0.29) is 11.9 Å². The number of hydrogen-bond donors (Lipinski definition) is 1. The highest BCUT2D eigenvalue weighted by molar-refractivity contribution is 5.94. The summed E-state index contributed by atoms with van der Waals surface area (Å²) in [6.07, 6.45) is 5.03. The van der Waals surface area contributed by atoms with Gasteiger partial charge in [-0.2, -0.15) is 5.10 Å². The van der Waals surface area contributed by atoms with Crippen molar-refractivity contribution < 1.29 is 4.79 Å². The quantitative estimate of drug-likeness (QED) is 0.593. The number of nitrogens with zero attached hydrogens (tertiary/aromatic N) is 3. The lowest BCUT2D eigenvalue weighted by molar-refractivity contribution is 0.0942. The van der Waals surface area contributed by atoms with Gasteiger partial charge in [-0.05, 0) is 29.8 Å². The van der Waals surface area contributed by atoms with E-state index >= 15 is 0 Å². The molecule has 2 aromatic carbocycles. The fraction of sp³-hybridized carbons (Fsp3) is 0.0455. The van der Waals surface area contributed by atoms with Crippen molar-refractivity contribution in [2.24, 2.45) is 0 Å². The maximum Gasteiger partial charge on any atom is 0.255 e. The van der Waals surface area contributed by atoms with Crippen LogP contribution in [-0.4, -0.2) is 20.7 Å². The lowest BCUT2D eigenvalue weighted by Gasteiger charge is -2.18. The first-order valence-electron chi connectivity index (χ1n) is 8.68. The second-order valence-electron chi connectivity index (χ2n) is 6.08. The van der Waals surface area contributed by atoms with Gasteiger partial charge in [0.25, 0.3) is 5.91 Å². The van der Waals surface area contributed by atoms with Gasteiger partial charge in [0, 0.05) is 12.4 Å². The maximum absolute atomic E-state index is 12.9. The second-order valence-corrected chi connectivity index (χ2v) is 6.08. The predicted molar refractivity (Wildman–Crippen MR) is 104 cm³/mol. The molecule has 5 heteroatoms. The molecule has 1 unspecified atom stereocenters. The van der Waals surface area contributed by atoms with Gasteiger partial charge in [-0.1, -0.05) is 54.6 Å². The summed E-state index contributed by atoms with van der Waals surface area (Å²) >= 11 is 0. The van der Waals surface area contributed by atoms with Gasteiger partial charge in [-0.3, -0.25) is 9.78 Å². The summed E-state index contributed by atoms with van der Waals surface area (Å²) in [4.78, 5) is 17.3. The minimum atomic E-state index is -0.333. The highest BCUT2D eigenvalue weighted by atomic mass is 16.1. The molecular formula is C22H18N4O. The van der Waals surface area contributed by atoms with Crippen molar-refractivity contribution in [3.05, 3.63) is 114 Å². The van der Waals surface area contributed by atoms with E-state index in [0.29, 0.717) is 5.56 Å². The Hall–Kier alpha value is -3.73. The molecule has 27 heavy (non-hydrogen) atoms. The number of pyridine rings is 1.